The van der Waals surface area contributed by atoms with Crippen molar-refractivity contribution in [2.75, 3.05) is 13.2 Å². The van der Waals surface area contributed by atoms with Gasteiger partial charge in [0.05, 0.1) is 0 Å². The number of halogens is 3. The van der Waals surface area contributed by atoms with Gasteiger partial charge in [-0.1, -0.05) is 22.0 Å². The minimum Gasteiger partial charge on any atom is -0.381 e. The number of ether oxygens (including phenoxy) is 1. The molecular weight excluding hydrogens is 278 g/mol. The third kappa shape index (κ3) is 2.61. The molecule has 0 spiro atoms. The van der Waals surface area contributed by atoms with E-state index in [1.165, 1.54) is 12.1 Å². The number of benzene rings is 1. The highest BCUT2D eigenvalue weighted by Gasteiger charge is 2.25. The number of hydrogen-bond acceptors (Lipinski definition) is 1. The Hall–Kier alpha value is -0.480. The van der Waals surface area contributed by atoms with E-state index >= 15 is 0 Å². The van der Waals surface area contributed by atoms with Gasteiger partial charge in [-0.25, -0.2) is 8.78 Å². The normalized spacial score (nSPS) is 19.7. The summed E-state index contributed by atoms with van der Waals surface area (Å²) in [6.45, 7) is 1.44. The Balaban J connectivity index is 2.15. The van der Waals surface area contributed by atoms with Crippen LogP contribution in [-0.2, 0) is 4.74 Å². The lowest BCUT2D eigenvalue weighted by atomic mass is 9.92. The number of hydrogen-bond donors (Lipinski definition) is 0. The standard InChI is InChI=1S/C12H13BrF2O/c13-12(8-3-5-16-6-4-8)10-2-1-9(14)7-11(10)15/h1-2,7-8,12H,3-6H2. The molecule has 0 saturated carbocycles. The molecule has 0 amide bonds. The first-order valence-corrected chi connectivity index (χ1v) is 6.27. The van der Waals surface area contributed by atoms with Crippen LogP contribution in [0.2, 0.25) is 0 Å². The van der Waals surface area contributed by atoms with Crippen LogP contribution < -0.4 is 0 Å². The summed E-state index contributed by atoms with van der Waals surface area (Å²) in [4.78, 5) is -0.0583. The Labute approximate surface area is 102 Å². The van der Waals surface area contributed by atoms with Crippen molar-refractivity contribution in [1.29, 1.82) is 0 Å². The van der Waals surface area contributed by atoms with Gasteiger partial charge in [0.15, 0.2) is 0 Å². The van der Waals surface area contributed by atoms with Crippen LogP contribution in [0.4, 0.5) is 8.78 Å². The molecule has 1 unspecified atom stereocenters. The van der Waals surface area contributed by atoms with Crippen molar-refractivity contribution >= 4 is 15.9 Å². The zero-order valence-electron chi connectivity index (χ0n) is 8.76. The first kappa shape index (κ1) is 12.0. The van der Waals surface area contributed by atoms with Crippen molar-refractivity contribution in [3.8, 4) is 0 Å². The van der Waals surface area contributed by atoms with Gasteiger partial charge in [-0.15, -0.1) is 0 Å². The second kappa shape index (κ2) is 5.23. The van der Waals surface area contributed by atoms with E-state index in [1.807, 2.05) is 0 Å². The Morgan fingerprint density at radius 1 is 1.25 bits per heavy atom. The average Bonchev–Trinajstić information content (AvgIpc) is 2.29. The summed E-state index contributed by atoms with van der Waals surface area (Å²) in [5.74, 6) is -0.657. The van der Waals surface area contributed by atoms with Crippen molar-refractivity contribution in [3.63, 3.8) is 0 Å². The molecule has 0 N–H and O–H groups in total. The third-order valence-electron chi connectivity index (χ3n) is 2.94. The second-order valence-electron chi connectivity index (χ2n) is 4.02. The summed E-state index contributed by atoms with van der Waals surface area (Å²) in [6, 6.07) is 3.74. The molecule has 1 heterocycles. The van der Waals surface area contributed by atoms with Gasteiger partial charge in [-0.3, -0.25) is 0 Å². The molecule has 1 saturated heterocycles. The van der Waals surface area contributed by atoms with Crippen LogP contribution in [0.1, 0.15) is 23.2 Å². The molecule has 0 bridgehead atoms. The molecule has 16 heavy (non-hydrogen) atoms. The van der Waals surface area contributed by atoms with Crippen LogP contribution in [0.3, 0.4) is 0 Å². The monoisotopic (exact) mass is 290 g/mol. The minimum atomic E-state index is -0.534. The fourth-order valence-electron chi connectivity index (χ4n) is 1.99. The van der Waals surface area contributed by atoms with E-state index in [0.29, 0.717) is 11.5 Å². The van der Waals surface area contributed by atoms with Crippen molar-refractivity contribution in [3.05, 3.63) is 35.4 Å². The summed E-state index contributed by atoms with van der Waals surface area (Å²) in [7, 11) is 0. The van der Waals surface area contributed by atoms with Gasteiger partial charge in [0, 0.05) is 29.7 Å². The summed E-state index contributed by atoms with van der Waals surface area (Å²) in [5, 5.41) is 0. The van der Waals surface area contributed by atoms with E-state index in [9.17, 15) is 8.78 Å². The lowest BCUT2D eigenvalue weighted by Gasteiger charge is -2.27. The lowest BCUT2D eigenvalue weighted by Crippen LogP contribution is -2.19. The molecule has 1 atom stereocenters. The molecule has 4 heteroatoms. The molecule has 0 radical (unpaired) electrons. The van der Waals surface area contributed by atoms with Crippen molar-refractivity contribution in [2.45, 2.75) is 17.7 Å². The van der Waals surface area contributed by atoms with E-state index in [-0.39, 0.29) is 4.83 Å². The van der Waals surface area contributed by atoms with Gasteiger partial charge in [0.2, 0.25) is 0 Å². The van der Waals surface area contributed by atoms with Gasteiger partial charge < -0.3 is 4.74 Å². The van der Waals surface area contributed by atoms with Gasteiger partial charge in [0.1, 0.15) is 11.6 Å². The molecule has 88 valence electrons. The molecule has 1 nitrogen and oxygen atoms in total. The van der Waals surface area contributed by atoms with Crippen molar-refractivity contribution < 1.29 is 13.5 Å². The van der Waals surface area contributed by atoms with Crippen LogP contribution in [0, 0.1) is 17.6 Å². The molecule has 1 aromatic rings. The van der Waals surface area contributed by atoms with Gasteiger partial charge in [-0.2, -0.15) is 0 Å². The highest BCUT2D eigenvalue weighted by Crippen LogP contribution is 2.38. The zero-order chi connectivity index (χ0) is 11.5. The molecular formula is C12H13BrF2O. The molecule has 0 aromatic heterocycles. The Morgan fingerprint density at radius 2 is 1.94 bits per heavy atom. The minimum absolute atomic E-state index is 0.0583. The molecule has 2 rings (SSSR count). The number of rotatable bonds is 2. The van der Waals surface area contributed by atoms with Crippen LogP contribution in [0.5, 0.6) is 0 Å². The smallest absolute Gasteiger partial charge is 0.130 e. The number of alkyl halides is 1. The van der Waals surface area contributed by atoms with Crippen LogP contribution >= 0.6 is 15.9 Å². The Morgan fingerprint density at radius 3 is 2.56 bits per heavy atom. The fourth-order valence-corrected chi connectivity index (χ4v) is 2.89. The van der Waals surface area contributed by atoms with E-state index < -0.39 is 11.6 Å². The molecule has 1 aromatic carbocycles. The highest BCUT2D eigenvalue weighted by molar-refractivity contribution is 9.09. The highest BCUT2D eigenvalue weighted by atomic mass is 79.9. The van der Waals surface area contributed by atoms with Crippen LogP contribution in [-0.4, -0.2) is 13.2 Å². The van der Waals surface area contributed by atoms with E-state index in [1.54, 1.807) is 0 Å². The maximum atomic E-state index is 13.6. The largest absolute Gasteiger partial charge is 0.381 e. The lowest BCUT2D eigenvalue weighted by molar-refractivity contribution is 0.0659. The van der Waals surface area contributed by atoms with Crippen molar-refractivity contribution in [1.82, 2.24) is 0 Å². The fraction of sp³-hybridized carbons (Fsp3) is 0.500. The molecule has 1 aliphatic rings. The summed E-state index contributed by atoms with van der Waals surface area (Å²) >= 11 is 3.50. The predicted octanol–water partition coefficient (Wildman–Crippen LogP) is 3.83. The van der Waals surface area contributed by atoms with Gasteiger partial charge in [0.25, 0.3) is 0 Å². The molecule has 0 aliphatic carbocycles. The second-order valence-corrected chi connectivity index (χ2v) is 5.00. The Kier molecular flexibility index (Phi) is 3.92. The first-order valence-electron chi connectivity index (χ1n) is 5.35. The van der Waals surface area contributed by atoms with Crippen LogP contribution in [0.15, 0.2) is 18.2 Å². The topological polar surface area (TPSA) is 9.23 Å². The average molecular weight is 291 g/mol. The SMILES string of the molecule is Fc1ccc(C(Br)C2CCOCC2)c(F)c1. The van der Waals surface area contributed by atoms with Gasteiger partial charge >= 0.3 is 0 Å². The Bertz CT molecular complexity index is 364. The van der Waals surface area contributed by atoms with Crippen LogP contribution in [0.25, 0.3) is 0 Å². The first-order chi connectivity index (χ1) is 7.68. The zero-order valence-corrected chi connectivity index (χ0v) is 10.3. The van der Waals surface area contributed by atoms with E-state index in [2.05, 4.69) is 15.9 Å². The van der Waals surface area contributed by atoms with E-state index in [0.717, 1.165) is 32.1 Å². The third-order valence-corrected chi connectivity index (χ3v) is 4.18. The van der Waals surface area contributed by atoms with E-state index in [4.69, 9.17) is 4.74 Å². The maximum Gasteiger partial charge on any atom is 0.130 e. The summed E-state index contributed by atoms with van der Waals surface area (Å²) < 4.78 is 31.6. The summed E-state index contributed by atoms with van der Waals surface area (Å²) in [6.07, 6.45) is 1.82. The van der Waals surface area contributed by atoms with Crippen molar-refractivity contribution in [2.24, 2.45) is 5.92 Å². The van der Waals surface area contributed by atoms with Gasteiger partial charge in [-0.05, 0) is 24.8 Å². The summed E-state index contributed by atoms with van der Waals surface area (Å²) in [5.41, 5.74) is 0.535. The molecule has 1 fully saturated rings. The maximum absolute atomic E-state index is 13.6. The quantitative estimate of drug-likeness (QED) is 0.752. The molecule has 1 aliphatic heterocycles. The predicted molar refractivity (Wildman–Crippen MR) is 61.6 cm³/mol.